The van der Waals surface area contributed by atoms with Gasteiger partial charge >= 0.3 is 5.97 Å². The van der Waals surface area contributed by atoms with Gasteiger partial charge in [-0.1, -0.05) is 13.8 Å². The van der Waals surface area contributed by atoms with Crippen LogP contribution in [0, 0.1) is 17.2 Å². The van der Waals surface area contributed by atoms with Crippen molar-refractivity contribution >= 4 is 11.9 Å². The number of carbonyl (C=O) groups is 2. The van der Waals surface area contributed by atoms with Gasteiger partial charge in [0.25, 0.3) is 5.91 Å². The molecule has 126 valence electrons. The minimum absolute atomic E-state index is 0.0638. The van der Waals surface area contributed by atoms with Gasteiger partial charge in [0, 0.05) is 13.1 Å². The topological polar surface area (TPSA) is 66.8 Å². The number of carboxylic acids is 1. The third kappa shape index (κ3) is 3.46. The molecule has 2 atom stereocenters. The van der Waals surface area contributed by atoms with Crippen molar-refractivity contribution in [1.29, 1.82) is 0 Å². The van der Waals surface area contributed by atoms with E-state index in [2.05, 4.69) is 0 Å². The Morgan fingerprint density at radius 3 is 2.35 bits per heavy atom. The number of likely N-dealkylation sites (tertiary alicyclic amines) is 1. The maximum atomic E-state index is 12.9. The Bertz CT molecular complexity index is 587. The monoisotopic (exact) mass is 323 g/mol. The van der Waals surface area contributed by atoms with Gasteiger partial charge in [-0.15, -0.1) is 0 Å². The molecule has 1 aromatic rings. The lowest BCUT2D eigenvalue weighted by atomic mass is 9.76. The summed E-state index contributed by atoms with van der Waals surface area (Å²) < 4.78 is 18.4. The molecule has 0 aliphatic carbocycles. The van der Waals surface area contributed by atoms with Crippen molar-refractivity contribution in [1.82, 2.24) is 4.90 Å². The molecule has 0 spiro atoms. The number of carboxylic acid groups (broad SMARTS) is 1. The van der Waals surface area contributed by atoms with Crippen LogP contribution >= 0.6 is 0 Å². The van der Waals surface area contributed by atoms with Crippen molar-refractivity contribution in [2.45, 2.75) is 33.3 Å². The molecule has 1 aromatic carbocycles. The molecule has 1 amide bonds. The fourth-order valence-electron chi connectivity index (χ4n) is 2.94. The third-order valence-corrected chi connectivity index (χ3v) is 4.62. The number of halogens is 1. The second kappa shape index (κ2) is 6.56. The summed E-state index contributed by atoms with van der Waals surface area (Å²) >= 11 is 0. The second-order valence-electron chi connectivity index (χ2n) is 6.34. The van der Waals surface area contributed by atoms with Crippen LogP contribution in [0.4, 0.5) is 4.39 Å². The van der Waals surface area contributed by atoms with E-state index in [4.69, 9.17) is 4.74 Å². The zero-order chi connectivity index (χ0) is 17.2. The molecule has 1 N–H and O–H groups in total. The van der Waals surface area contributed by atoms with E-state index in [9.17, 15) is 19.1 Å². The first-order valence-electron chi connectivity index (χ1n) is 7.70. The van der Waals surface area contributed by atoms with Gasteiger partial charge in [0.2, 0.25) is 0 Å². The van der Waals surface area contributed by atoms with Crippen LogP contribution in [0.5, 0.6) is 5.75 Å². The van der Waals surface area contributed by atoms with Gasteiger partial charge < -0.3 is 14.7 Å². The fourth-order valence-corrected chi connectivity index (χ4v) is 2.94. The van der Waals surface area contributed by atoms with Gasteiger partial charge in [0.05, 0.1) is 5.41 Å². The summed E-state index contributed by atoms with van der Waals surface area (Å²) in [6.07, 6.45) is -0.313. The van der Waals surface area contributed by atoms with Crippen molar-refractivity contribution in [3.8, 4) is 5.75 Å². The molecule has 5 nitrogen and oxygen atoms in total. The first-order valence-corrected chi connectivity index (χ1v) is 7.70. The summed E-state index contributed by atoms with van der Waals surface area (Å²) in [4.78, 5) is 25.6. The molecule has 2 unspecified atom stereocenters. The van der Waals surface area contributed by atoms with E-state index in [0.29, 0.717) is 18.7 Å². The highest BCUT2D eigenvalue weighted by Crippen LogP contribution is 2.38. The van der Waals surface area contributed by atoms with Gasteiger partial charge in [0.1, 0.15) is 11.6 Å². The number of benzene rings is 1. The molecule has 1 aliphatic heterocycles. The standard InChI is InChI=1S/C17H22FNO4/c1-11(2)17(16(21)22)8-9-19(10-17)15(20)12(3)23-14-6-4-13(18)5-7-14/h4-7,11-12H,8-10H2,1-3H3,(H,21,22). The first kappa shape index (κ1) is 17.2. The quantitative estimate of drug-likeness (QED) is 0.904. The van der Waals surface area contributed by atoms with E-state index < -0.39 is 17.5 Å². The number of rotatable bonds is 5. The largest absolute Gasteiger partial charge is 0.481 e. The predicted molar refractivity (Wildman–Crippen MR) is 82.6 cm³/mol. The van der Waals surface area contributed by atoms with Gasteiger partial charge in [0.15, 0.2) is 6.10 Å². The molecule has 0 aromatic heterocycles. The fraction of sp³-hybridized carbons (Fsp3) is 0.529. The average Bonchev–Trinajstić information content (AvgIpc) is 2.95. The van der Waals surface area contributed by atoms with E-state index >= 15 is 0 Å². The Labute approximate surface area is 135 Å². The molecule has 0 bridgehead atoms. The average molecular weight is 323 g/mol. The zero-order valence-electron chi connectivity index (χ0n) is 13.6. The minimum Gasteiger partial charge on any atom is -0.481 e. The lowest BCUT2D eigenvalue weighted by Gasteiger charge is -2.29. The van der Waals surface area contributed by atoms with Crippen LogP contribution in [0.3, 0.4) is 0 Å². The first-order chi connectivity index (χ1) is 10.8. The molecule has 0 radical (unpaired) electrons. The Morgan fingerprint density at radius 1 is 1.26 bits per heavy atom. The normalized spacial score (nSPS) is 22.2. The van der Waals surface area contributed by atoms with Gasteiger partial charge in [-0.25, -0.2) is 4.39 Å². The summed E-state index contributed by atoms with van der Waals surface area (Å²) in [6, 6.07) is 5.44. The molecule has 1 heterocycles. The predicted octanol–water partition coefficient (Wildman–Crippen LogP) is 2.55. The van der Waals surface area contributed by atoms with Crippen molar-refractivity contribution in [3.63, 3.8) is 0 Å². The summed E-state index contributed by atoms with van der Waals surface area (Å²) in [5.74, 6) is -1.15. The van der Waals surface area contributed by atoms with Crippen LogP contribution in [0.1, 0.15) is 27.2 Å². The smallest absolute Gasteiger partial charge is 0.311 e. The summed E-state index contributed by atoms with van der Waals surface area (Å²) in [7, 11) is 0. The molecule has 1 saturated heterocycles. The molecule has 1 aliphatic rings. The maximum absolute atomic E-state index is 12.9. The van der Waals surface area contributed by atoms with Crippen LogP contribution < -0.4 is 4.74 Å². The van der Waals surface area contributed by atoms with Gasteiger partial charge in [-0.05, 0) is 43.5 Å². The Kier molecular flexibility index (Phi) is 4.92. The van der Waals surface area contributed by atoms with Crippen LogP contribution in [0.15, 0.2) is 24.3 Å². The number of carbonyl (C=O) groups excluding carboxylic acids is 1. The Balaban J connectivity index is 2.03. The second-order valence-corrected chi connectivity index (χ2v) is 6.34. The maximum Gasteiger partial charge on any atom is 0.311 e. The number of hydrogen-bond acceptors (Lipinski definition) is 3. The van der Waals surface area contributed by atoms with E-state index in [1.165, 1.54) is 24.3 Å². The van der Waals surface area contributed by atoms with E-state index in [-0.39, 0.29) is 24.2 Å². The Morgan fingerprint density at radius 2 is 1.87 bits per heavy atom. The molecular formula is C17H22FNO4. The molecule has 0 saturated carbocycles. The number of nitrogens with zero attached hydrogens (tertiary/aromatic N) is 1. The lowest BCUT2D eigenvalue weighted by molar-refractivity contribution is -0.151. The minimum atomic E-state index is -0.898. The highest BCUT2D eigenvalue weighted by atomic mass is 19.1. The van der Waals surface area contributed by atoms with Gasteiger partial charge in [-0.2, -0.15) is 0 Å². The van der Waals surface area contributed by atoms with Crippen molar-refractivity contribution in [2.24, 2.45) is 11.3 Å². The third-order valence-electron chi connectivity index (χ3n) is 4.62. The van der Waals surface area contributed by atoms with Crippen molar-refractivity contribution in [3.05, 3.63) is 30.1 Å². The summed E-state index contributed by atoms with van der Waals surface area (Å²) in [6.45, 7) is 5.93. The number of aliphatic carboxylic acids is 1. The van der Waals surface area contributed by atoms with Crippen LogP contribution in [0.25, 0.3) is 0 Å². The van der Waals surface area contributed by atoms with Crippen molar-refractivity contribution < 1.29 is 23.8 Å². The highest BCUT2D eigenvalue weighted by Gasteiger charge is 2.49. The van der Waals surface area contributed by atoms with Crippen LogP contribution in [0.2, 0.25) is 0 Å². The Hall–Kier alpha value is -2.11. The van der Waals surface area contributed by atoms with E-state index in [0.717, 1.165) is 0 Å². The van der Waals surface area contributed by atoms with E-state index in [1.807, 2.05) is 13.8 Å². The number of amides is 1. The molecule has 1 fully saturated rings. The van der Waals surface area contributed by atoms with E-state index in [1.54, 1.807) is 11.8 Å². The molecular weight excluding hydrogens is 301 g/mol. The number of ether oxygens (including phenoxy) is 1. The highest BCUT2D eigenvalue weighted by molar-refractivity contribution is 5.83. The van der Waals surface area contributed by atoms with Crippen LogP contribution in [-0.2, 0) is 9.59 Å². The molecule has 6 heteroatoms. The SMILES string of the molecule is CC(Oc1ccc(F)cc1)C(=O)N1CCC(C(=O)O)(C(C)C)C1. The van der Waals surface area contributed by atoms with Crippen molar-refractivity contribution in [2.75, 3.05) is 13.1 Å². The summed E-state index contributed by atoms with van der Waals surface area (Å²) in [5.41, 5.74) is -0.898. The van der Waals surface area contributed by atoms with Crippen LogP contribution in [-0.4, -0.2) is 41.1 Å². The number of hydrogen-bond donors (Lipinski definition) is 1. The summed E-state index contributed by atoms with van der Waals surface area (Å²) in [5, 5.41) is 9.53. The van der Waals surface area contributed by atoms with Gasteiger partial charge in [-0.3, -0.25) is 9.59 Å². The zero-order valence-corrected chi connectivity index (χ0v) is 13.6. The lowest BCUT2D eigenvalue weighted by Crippen LogP contribution is -2.44. The molecule has 23 heavy (non-hydrogen) atoms. The molecule has 2 rings (SSSR count).